The van der Waals surface area contributed by atoms with Crippen molar-refractivity contribution in [3.05, 3.63) is 65.1 Å². The summed E-state index contributed by atoms with van der Waals surface area (Å²) in [5.74, 6) is -0.916. The van der Waals surface area contributed by atoms with E-state index in [0.29, 0.717) is 16.1 Å². The van der Waals surface area contributed by atoms with Crippen LogP contribution in [0.15, 0.2) is 48.7 Å². The number of aromatic amines is 1. The minimum atomic E-state index is -0.526. The lowest BCUT2D eigenvalue weighted by Gasteiger charge is -2.07. The quantitative estimate of drug-likeness (QED) is 0.729. The van der Waals surface area contributed by atoms with Gasteiger partial charge in [-0.1, -0.05) is 23.7 Å². The van der Waals surface area contributed by atoms with E-state index in [1.165, 1.54) is 18.2 Å². The third kappa shape index (κ3) is 2.26. The van der Waals surface area contributed by atoms with Gasteiger partial charge in [0.05, 0.1) is 16.8 Å². The fourth-order valence-electron chi connectivity index (χ4n) is 2.06. The Labute approximate surface area is 119 Å². The number of anilines is 1. The zero-order chi connectivity index (χ0) is 14.1. The van der Waals surface area contributed by atoms with Gasteiger partial charge in [-0.2, -0.15) is 0 Å². The van der Waals surface area contributed by atoms with Crippen LogP contribution in [0, 0.1) is 5.82 Å². The van der Waals surface area contributed by atoms with Crippen molar-refractivity contribution in [2.24, 2.45) is 0 Å². The van der Waals surface area contributed by atoms with Crippen molar-refractivity contribution in [2.45, 2.75) is 0 Å². The van der Waals surface area contributed by atoms with Crippen molar-refractivity contribution < 1.29 is 9.18 Å². The third-order valence-corrected chi connectivity index (χ3v) is 3.24. The molecular weight excluding hydrogens is 279 g/mol. The molecule has 5 heteroatoms. The third-order valence-electron chi connectivity index (χ3n) is 3.01. The predicted molar refractivity (Wildman–Crippen MR) is 77.7 cm³/mol. The second kappa shape index (κ2) is 4.98. The van der Waals surface area contributed by atoms with Gasteiger partial charge in [-0.25, -0.2) is 4.39 Å². The highest BCUT2D eigenvalue weighted by atomic mass is 35.5. The van der Waals surface area contributed by atoms with E-state index in [4.69, 9.17) is 11.6 Å². The van der Waals surface area contributed by atoms with Crippen LogP contribution < -0.4 is 5.32 Å². The number of rotatable bonds is 2. The van der Waals surface area contributed by atoms with Crippen LogP contribution in [0.1, 0.15) is 10.4 Å². The maximum absolute atomic E-state index is 13.6. The van der Waals surface area contributed by atoms with E-state index in [0.717, 1.165) is 5.39 Å². The lowest BCUT2D eigenvalue weighted by Crippen LogP contribution is -2.13. The molecule has 0 saturated heterocycles. The molecule has 1 amide bonds. The summed E-state index contributed by atoms with van der Waals surface area (Å²) < 4.78 is 13.6. The highest BCUT2D eigenvalue weighted by molar-refractivity contribution is 6.31. The molecule has 0 saturated carbocycles. The summed E-state index contributed by atoms with van der Waals surface area (Å²) in [4.78, 5) is 15.2. The number of carbonyl (C=O) groups excluding carboxylic acids is 1. The van der Waals surface area contributed by atoms with Gasteiger partial charge in [-0.3, -0.25) is 4.79 Å². The first-order chi connectivity index (χ1) is 9.65. The molecule has 0 bridgehead atoms. The van der Waals surface area contributed by atoms with Crippen molar-refractivity contribution in [3.63, 3.8) is 0 Å². The molecule has 0 aliphatic carbocycles. The first-order valence-electron chi connectivity index (χ1n) is 5.97. The summed E-state index contributed by atoms with van der Waals surface area (Å²) in [5, 5.41) is 3.81. The molecule has 20 heavy (non-hydrogen) atoms. The van der Waals surface area contributed by atoms with Crippen LogP contribution in [0.2, 0.25) is 5.02 Å². The van der Waals surface area contributed by atoms with Gasteiger partial charge in [0.25, 0.3) is 5.91 Å². The minimum Gasteiger partial charge on any atom is -0.361 e. The molecule has 0 atom stereocenters. The molecule has 2 N–H and O–H groups in total. The predicted octanol–water partition coefficient (Wildman–Crippen LogP) is 4.21. The Morgan fingerprint density at radius 3 is 2.90 bits per heavy atom. The van der Waals surface area contributed by atoms with Crippen molar-refractivity contribution in [2.75, 3.05) is 5.32 Å². The first-order valence-corrected chi connectivity index (χ1v) is 6.35. The van der Waals surface area contributed by atoms with Gasteiger partial charge in [0.2, 0.25) is 0 Å². The Kier molecular flexibility index (Phi) is 3.16. The van der Waals surface area contributed by atoms with Gasteiger partial charge in [0.1, 0.15) is 5.82 Å². The van der Waals surface area contributed by atoms with Crippen molar-refractivity contribution in [1.82, 2.24) is 4.98 Å². The number of nitrogens with one attached hydrogen (secondary N) is 2. The molecule has 3 rings (SSSR count). The summed E-state index contributed by atoms with van der Waals surface area (Å²) in [5.41, 5.74) is 1.23. The zero-order valence-corrected chi connectivity index (χ0v) is 11.0. The van der Waals surface area contributed by atoms with Gasteiger partial charge >= 0.3 is 0 Å². The van der Waals surface area contributed by atoms with Gasteiger partial charge < -0.3 is 10.3 Å². The largest absolute Gasteiger partial charge is 0.361 e. The van der Waals surface area contributed by atoms with E-state index in [-0.39, 0.29) is 11.6 Å². The molecular formula is C15H10ClFN2O. The SMILES string of the molecule is O=C(Nc1cc(Cl)ccc1F)c1cccc2cc[nH]c12. The average molecular weight is 289 g/mol. The molecule has 0 radical (unpaired) electrons. The number of hydrogen-bond acceptors (Lipinski definition) is 1. The summed E-state index contributed by atoms with van der Waals surface area (Å²) in [6.07, 6.45) is 1.75. The van der Waals surface area contributed by atoms with Crippen molar-refractivity contribution in [1.29, 1.82) is 0 Å². The lowest BCUT2D eigenvalue weighted by atomic mass is 10.1. The Morgan fingerprint density at radius 1 is 1.20 bits per heavy atom. The molecule has 0 aliphatic heterocycles. The highest BCUT2D eigenvalue weighted by Gasteiger charge is 2.13. The number of fused-ring (bicyclic) bond motifs is 1. The monoisotopic (exact) mass is 288 g/mol. The van der Waals surface area contributed by atoms with Crippen LogP contribution in [-0.2, 0) is 0 Å². The molecule has 3 aromatic rings. The van der Waals surface area contributed by atoms with E-state index in [9.17, 15) is 9.18 Å². The molecule has 0 aliphatic rings. The smallest absolute Gasteiger partial charge is 0.257 e. The number of para-hydroxylation sites is 1. The number of amides is 1. The van der Waals surface area contributed by atoms with E-state index in [1.54, 1.807) is 18.3 Å². The number of halogens is 2. The second-order valence-corrected chi connectivity index (χ2v) is 4.76. The van der Waals surface area contributed by atoms with E-state index >= 15 is 0 Å². The van der Waals surface area contributed by atoms with Crippen LogP contribution in [0.5, 0.6) is 0 Å². The lowest BCUT2D eigenvalue weighted by molar-refractivity contribution is 0.102. The molecule has 1 heterocycles. The van der Waals surface area contributed by atoms with Crippen LogP contribution >= 0.6 is 11.6 Å². The normalized spacial score (nSPS) is 10.7. The van der Waals surface area contributed by atoms with Crippen LogP contribution in [0.25, 0.3) is 10.9 Å². The molecule has 2 aromatic carbocycles. The molecule has 3 nitrogen and oxygen atoms in total. The number of hydrogen-bond donors (Lipinski definition) is 2. The summed E-state index contributed by atoms with van der Waals surface area (Å²) in [6, 6.07) is 11.2. The topological polar surface area (TPSA) is 44.9 Å². The minimum absolute atomic E-state index is 0.0612. The molecule has 100 valence electrons. The van der Waals surface area contributed by atoms with Crippen LogP contribution in [-0.4, -0.2) is 10.9 Å². The van der Waals surface area contributed by atoms with Gasteiger partial charge in [-0.05, 0) is 30.3 Å². The molecule has 0 fully saturated rings. The van der Waals surface area contributed by atoms with E-state index < -0.39 is 5.82 Å². The van der Waals surface area contributed by atoms with E-state index in [2.05, 4.69) is 10.3 Å². The Bertz CT molecular complexity index is 797. The number of aromatic nitrogens is 1. The number of benzene rings is 2. The number of carbonyl (C=O) groups is 1. The maximum atomic E-state index is 13.6. The van der Waals surface area contributed by atoms with Crippen molar-refractivity contribution in [3.8, 4) is 0 Å². The van der Waals surface area contributed by atoms with Gasteiger partial charge in [0.15, 0.2) is 0 Å². The standard InChI is InChI=1S/C15H10ClFN2O/c16-10-4-5-12(17)13(8-10)19-15(20)11-3-1-2-9-6-7-18-14(9)11/h1-8,18H,(H,19,20). The summed E-state index contributed by atoms with van der Waals surface area (Å²) >= 11 is 5.80. The van der Waals surface area contributed by atoms with E-state index in [1.807, 2.05) is 12.1 Å². The van der Waals surface area contributed by atoms with Gasteiger partial charge in [-0.15, -0.1) is 0 Å². The fourth-order valence-corrected chi connectivity index (χ4v) is 2.23. The van der Waals surface area contributed by atoms with Crippen LogP contribution in [0.3, 0.4) is 0 Å². The molecule has 0 spiro atoms. The Hall–Kier alpha value is -2.33. The maximum Gasteiger partial charge on any atom is 0.257 e. The molecule has 1 aromatic heterocycles. The fraction of sp³-hybridized carbons (Fsp3) is 0. The zero-order valence-electron chi connectivity index (χ0n) is 10.3. The number of H-pyrrole nitrogens is 1. The Balaban J connectivity index is 1.97. The highest BCUT2D eigenvalue weighted by Crippen LogP contribution is 2.22. The van der Waals surface area contributed by atoms with Crippen LogP contribution in [0.4, 0.5) is 10.1 Å². The summed E-state index contributed by atoms with van der Waals surface area (Å²) in [6.45, 7) is 0. The van der Waals surface area contributed by atoms with Gasteiger partial charge in [0, 0.05) is 16.6 Å². The van der Waals surface area contributed by atoms with Crippen molar-refractivity contribution >= 4 is 34.1 Å². The summed E-state index contributed by atoms with van der Waals surface area (Å²) in [7, 11) is 0. The Morgan fingerprint density at radius 2 is 2.05 bits per heavy atom. The first kappa shape index (κ1) is 12.7. The molecule has 0 unspecified atom stereocenters. The second-order valence-electron chi connectivity index (χ2n) is 4.33. The average Bonchev–Trinajstić information content (AvgIpc) is 2.91.